The molecule has 2 unspecified atom stereocenters. The minimum absolute atomic E-state index is 0.236. The Labute approximate surface area is 116 Å². The van der Waals surface area contributed by atoms with E-state index in [1.165, 1.54) is 14.0 Å². The Morgan fingerprint density at radius 3 is 2.28 bits per heavy atom. The molecule has 0 aliphatic heterocycles. The summed E-state index contributed by atoms with van der Waals surface area (Å²) in [5, 5.41) is 10.5. The average molecular weight is 314 g/mol. The molecule has 0 aromatic heterocycles. The van der Waals surface area contributed by atoms with E-state index in [4.69, 9.17) is 27.4 Å². The number of rotatable bonds is 5. The summed E-state index contributed by atoms with van der Waals surface area (Å²) >= 11 is 11.8. The van der Waals surface area contributed by atoms with Gasteiger partial charge in [0.1, 0.15) is 12.2 Å². The van der Waals surface area contributed by atoms with Crippen molar-refractivity contribution in [1.29, 1.82) is 0 Å². The smallest absolute Gasteiger partial charge is 0.335 e. The third-order valence-electron chi connectivity index (χ3n) is 2.27. The van der Waals surface area contributed by atoms with Crippen molar-refractivity contribution in [1.82, 2.24) is 4.72 Å². The van der Waals surface area contributed by atoms with Gasteiger partial charge >= 0.3 is 10.3 Å². The van der Waals surface area contributed by atoms with Crippen LogP contribution in [0.5, 0.6) is 0 Å². The van der Waals surface area contributed by atoms with Crippen LogP contribution in [0.15, 0.2) is 18.2 Å². The molecular weight excluding hydrogens is 301 g/mol. The lowest BCUT2D eigenvalue weighted by atomic mass is 10.1. The monoisotopic (exact) mass is 313 g/mol. The first-order chi connectivity index (χ1) is 8.28. The van der Waals surface area contributed by atoms with E-state index < -0.39 is 22.5 Å². The Morgan fingerprint density at radius 2 is 1.83 bits per heavy atom. The molecule has 0 saturated carbocycles. The number of aliphatic hydroxyl groups is 1. The molecule has 0 fully saturated rings. The van der Waals surface area contributed by atoms with Crippen LogP contribution in [-0.2, 0) is 14.5 Å². The summed E-state index contributed by atoms with van der Waals surface area (Å²) in [4.78, 5) is 0. The maximum Gasteiger partial charge on any atom is 0.335 e. The summed E-state index contributed by atoms with van der Waals surface area (Å²) in [6.45, 7) is 1.40. The Bertz CT molecular complexity index is 500. The average Bonchev–Trinajstić information content (AvgIpc) is 2.28. The minimum Gasteiger partial charge on any atom is -0.386 e. The van der Waals surface area contributed by atoms with E-state index in [-0.39, 0.29) is 15.6 Å². The molecule has 0 aliphatic rings. The van der Waals surface area contributed by atoms with Crippen LogP contribution in [0.4, 0.5) is 0 Å². The van der Waals surface area contributed by atoms with Crippen molar-refractivity contribution in [3.05, 3.63) is 33.8 Å². The Hall–Kier alpha value is -0.370. The Kier molecular flexibility index (Phi) is 5.39. The summed E-state index contributed by atoms with van der Waals surface area (Å²) in [6, 6.07) is 4.72. The molecule has 2 atom stereocenters. The molecule has 5 nitrogen and oxygen atoms in total. The zero-order valence-corrected chi connectivity index (χ0v) is 12.1. The third kappa shape index (κ3) is 3.81. The lowest BCUT2D eigenvalue weighted by Gasteiger charge is -2.20. The van der Waals surface area contributed by atoms with Crippen molar-refractivity contribution in [3.8, 4) is 0 Å². The molecule has 0 aliphatic carbocycles. The molecule has 102 valence electrons. The first kappa shape index (κ1) is 15.7. The van der Waals surface area contributed by atoms with Crippen LogP contribution < -0.4 is 4.72 Å². The van der Waals surface area contributed by atoms with Gasteiger partial charge in [-0.15, -0.1) is 0 Å². The number of nitrogens with one attached hydrogen (secondary N) is 1. The van der Waals surface area contributed by atoms with Gasteiger partial charge in [0.2, 0.25) is 0 Å². The summed E-state index contributed by atoms with van der Waals surface area (Å²) < 4.78 is 29.1. The number of hydrogen-bond donors (Lipinski definition) is 2. The number of hydrogen-bond acceptors (Lipinski definition) is 4. The molecule has 0 radical (unpaired) electrons. The van der Waals surface area contributed by atoms with E-state index in [1.807, 2.05) is 4.72 Å². The standard InChI is InChI=1S/C10H13Cl2NO4S/c1-6(17-18(15,16)13-2)10(14)9-7(11)4-3-5-8(9)12/h3-6,10,13-14H,1-2H3. The molecular formula is C10H13Cl2NO4S. The predicted octanol–water partition coefficient (Wildman–Crippen LogP) is 1.90. The summed E-state index contributed by atoms with van der Waals surface area (Å²) in [5.41, 5.74) is 0.236. The van der Waals surface area contributed by atoms with Gasteiger partial charge in [-0.2, -0.15) is 13.1 Å². The topological polar surface area (TPSA) is 75.6 Å². The molecule has 8 heteroatoms. The highest BCUT2D eigenvalue weighted by Crippen LogP contribution is 2.33. The molecule has 2 N–H and O–H groups in total. The minimum atomic E-state index is -3.89. The van der Waals surface area contributed by atoms with Crippen LogP contribution in [-0.4, -0.2) is 26.7 Å². The number of halogens is 2. The van der Waals surface area contributed by atoms with Crippen LogP contribution in [0.25, 0.3) is 0 Å². The van der Waals surface area contributed by atoms with Crippen molar-refractivity contribution in [2.24, 2.45) is 0 Å². The predicted molar refractivity (Wildman–Crippen MR) is 69.9 cm³/mol. The van der Waals surface area contributed by atoms with Gasteiger partial charge in [0.05, 0.1) is 0 Å². The quantitative estimate of drug-likeness (QED) is 0.870. The second kappa shape index (κ2) is 6.18. The second-order valence-electron chi connectivity index (χ2n) is 3.54. The molecule has 0 heterocycles. The van der Waals surface area contributed by atoms with Gasteiger partial charge < -0.3 is 5.11 Å². The highest BCUT2D eigenvalue weighted by molar-refractivity contribution is 7.84. The maximum absolute atomic E-state index is 11.2. The fourth-order valence-corrected chi connectivity index (χ4v) is 2.55. The molecule has 1 aromatic carbocycles. The van der Waals surface area contributed by atoms with Gasteiger partial charge in [0.25, 0.3) is 0 Å². The van der Waals surface area contributed by atoms with E-state index in [9.17, 15) is 13.5 Å². The van der Waals surface area contributed by atoms with Crippen molar-refractivity contribution < 1.29 is 17.7 Å². The largest absolute Gasteiger partial charge is 0.386 e. The van der Waals surface area contributed by atoms with Crippen LogP contribution in [0, 0.1) is 0 Å². The molecule has 0 bridgehead atoms. The van der Waals surface area contributed by atoms with E-state index in [1.54, 1.807) is 18.2 Å². The van der Waals surface area contributed by atoms with Crippen LogP contribution in [0.3, 0.4) is 0 Å². The van der Waals surface area contributed by atoms with Crippen LogP contribution in [0.2, 0.25) is 10.0 Å². The fraction of sp³-hybridized carbons (Fsp3) is 0.400. The molecule has 18 heavy (non-hydrogen) atoms. The van der Waals surface area contributed by atoms with Crippen molar-refractivity contribution in [2.75, 3.05) is 7.05 Å². The molecule has 1 rings (SSSR count). The van der Waals surface area contributed by atoms with Gasteiger partial charge in [-0.3, -0.25) is 4.18 Å². The summed E-state index contributed by atoms with van der Waals surface area (Å²) in [5.74, 6) is 0. The molecule has 0 saturated heterocycles. The molecule has 1 aromatic rings. The van der Waals surface area contributed by atoms with Gasteiger partial charge in [-0.25, -0.2) is 0 Å². The zero-order chi connectivity index (χ0) is 13.9. The Balaban J connectivity index is 2.97. The van der Waals surface area contributed by atoms with Crippen molar-refractivity contribution in [3.63, 3.8) is 0 Å². The number of aliphatic hydroxyl groups excluding tert-OH is 1. The SMILES string of the molecule is CNS(=O)(=O)OC(C)C(O)c1c(Cl)cccc1Cl. The molecule has 0 amide bonds. The summed E-state index contributed by atoms with van der Waals surface area (Å²) in [6.07, 6.45) is -2.28. The lowest BCUT2D eigenvalue weighted by Crippen LogP contribution is -2.29. The van der Waals surface area contributed by atoms with Gasteiger partial charge in [0.15, 0.2) is 0 Å². The van der Waals surface area contributed by atoms with E-state index in [2.05, 4.69) is 0 Å². The normalized spacial score (nSPS) is 15.4. The van der Waals surface area contributed by atoms with Gasteiger partial charge in [0, 0.05) is 22.7 Å². The van der Waals surface area contributed by atoms with Gasteiger partial charge in [-0.05, 0) is 19.1 Å². The summed E-state index contributed by atoms with van der Waals surface area (Å²) in [7, 11) is -2.69. The highest BCUT2D eigenvalue weighted by Gasteiger charge is 2.26. The first-order valence-corrected chi connectivity index (χ1v) is 7.18. The lowest BCUT2D eigenvalue weighted by molar-refractivity contribution is 0.0500. The Morgan fingerprint density at radius 1 is 1.33 bits per heavy atom. The van der Waals surface area contributed by atoms with Crippen molar-refractivity contribution >= 4 is 33.5 Å². The van der Waals surface area contributed by atoms with Crippen LogP contribution in [0.1, 0.15) is 18.6 Å². The van der Waals surface area contributed by atoms with Crippen LogP contribution >= 0.6 is 23.2 Å². The fourth-order valence-electron chi connectivity index (χ4n) is 1.33. The van der Waals surface area contributed by atoms with Gasteiger partial charge in [-0.1, -0.05) is 29.3 Å². The zero-order valence-electron chi connectivity index (χ0n) is 9.72. The number of benzene rings is 1. The third-order valence-corrected chi connectivity index (χ3v) is 3.98. The first-order valence-electron chi connectivity index (χ1n) is 5.02. The van der Waals surface area contributed by atoms with E-state index in [0.29, 0.717) is 0 Å². The van der Waals surface area contributed by atoms with E-state index in [0.717, 1.165) is 0 Å². The highest BCUT2D eigenvalue weighted by atomic mass is 35.5. The van der Waals surface area contributed by atoms with Crippen molar-refractivity contribution in [2.45, 2.75) is 19.1 Å². The maximum atomic E-state index is 11.2. The molecule has 0 spiro atoms. The van der Waals surface area contributed by atoms with E-state index >= 15 is 0 Å². The second-order valence-corrected chi connectivity index (χ2v) is 5.86.